The van der Waals surface area contributed by atoms with Gasteiger partial charge < -0.3 is 18.8 Å². The molecule has 0 radical (unpaired) electrons. The molecular weight excluding hydrogens is 462 g/mol. The predicted molar refractivity (Wildman–Crippen MR) is 125 cm³/mol. The number of sulfonamides is 1. The zero-order valence-corrected chi connectivity index (χ0v) is 20.1. The number of rotatable bonds is 7. The van der Waals surface area contributed by atoms with Crippen LogP contribution in [0, 0.1) is 0 Å². The van der Waals surface area contributed by atoms with Crippen LogP contribution in [0.2, 0.25) is 0 Å². The van der Waals surface area contributed by atoms with Crippen molar-refractivity contribution in [3.8, 4) is 11.5 Å². The molecule has 10 nitrogen and oxygen atoms in total. The minimum Gasteiger partial charge on any atom is -0.490 e. The second-order valence-corrected chi connectivity index (χ2v) is 9.72. The van der Waals surface area contributed by atoms with Gasteiger partial charge in [-0.15, -0.1) is 0 Å². The van der Waals surface area contributed by atoms with E-state index in [1.54, 1.807) is 36.2 Å². The minimum absolute atomic E-state index is 0.0435. The summed E-state index contributed by atoms with van der Waals surface area (Å²) in [6, 6.07) is 9.41. The number of piperazine rings is 1. The second kappa shape index (κ2) is 9.51. The van der Waals surface area contributed by atoms with Gasteiger partial charge in [0.25, 0.3) is 5.91 Å². The first-order valence-electron chi connectivity index (χ1n) is 11.0. The maximum absolute atomic E-state index is 13.2. The largest absolute Gasteiger partial charge is 0.490 e. The van der Waals surface area contributed by atoms with Gasteiger partial charge in [0, 0.05) is 44.9 Å². The summed E-state index contributed by atoms with van der Waals surface area (Å²) in [6.45, 7) is 5.44. The third-order valence-electron chi connectivity index (χ3n) is 5.72. The molecule has 0 bridgehead atoms. The van der Waals surface area contributed by atoms with Crippen LogP contribution in [0.1, 0.15) is 24.2 Å². The molecule has 2 heterocycles. The normalized spacial score (nSPS) is 15.0. The van der Waals surface area contributed by atoms with Crippen LogP contribution in [0.15, 0.2) is 50.5 Å². The zero-order chi connectivity index (χ0) is 24.5. The van der Waals surface area contributed by atoms with Gasteiger partial charge in [-0.05, 0) is 44.2 Å². The molecule has 0 spiro atoms. The molecule has 34 heavy (non-hydrogen) atoms. The Morgan fingerprint density at radius 2 is 1.65 bits per heavy atom. The van der Waals surface area contributed by atoms with Gasteiger partial charge in [0.15, 0.2) is 17.1 Å². The lowest BCUT2D eigenvalue weighted by atomic mass is 10.1. The Morgan fingerprint density at radius 1 is 0.971 bits per heavy atom. The standard InChI is InChI=1S/C23H27N3O7S/c1-4-31-19-9-6-16(14-21(19)32-5-2)22(27)25-10-12-26(13-11-25)34(29,30)17-7-8-18-20(15-17)33-23(28)24(18)3/h6-9,14-15H,4-5,10-13H2,1-3H3. The highest BCUT2D eigenvalue weighted by atomic mass is 32.2. The summed E-state index contributed by atoms with van der Waals surface area (Å²) >= 11 is 0. The van der Waals surface area contributed by atoms with Crippen molar-refractivity contribution < 1.29 is 27.1 Å². The molecule has 1 aromatic heterocycles. The molecule has 2 aromatic carbocycles. The average molecular weight is 490 g/mol. The van der Waals surface area contributed by atoms with E-state index in [4.69, 9.17) is 13.9 Å². The van der Waals surface area contributed by atoms with Crippen molar-refractivity contribution in [1.29, 1.82) is 0 Å². The number of ether oxygens (including phenoxy) is 2. The Labute approximate surface area is 197 Å². The van der Waals surface area contributed by atoms with Crippen LogP contribution in [0.3, 0.4) is 0 Å². The highest BCUT2D eigenvalue weighted by Crippen LogP contribution is 2.29. The number of benzene rings is 2. The fourth-order valence-corrected chi connectivity index (χ4v) is 5.36. The summed E-state index contributed by atoms with van der Waals surface area (Å²) in [7, 11) is -2.25. The van der Waals surface area contributed by atoms with E-state index in [0.717, 1.165) is 0 Å². The maximum Gasteiger partial charge on any atom is 0.419 e. The predicted octanol–water partition coefficient (Wildman–Crippen LogP) is 2.08. The fraction of sp³-hybridized carbons (Fsp3) is 0.391. The summed E-state index contributed by atoms with van der Waals surface area (Å²) in [4.78, 5) is 26.4. The molecule has 0 aliphatic carbocycles. The first-order valence-corrected chi connectivity index (χ1v) is 12.5. The number of hydrogen-bond donors (Lipinski definition) is 0. The first kappa shape index (κ1) is 23.8. The van der Waals surface area contributed by atoms with Crippen molar-refractivity contribution in [2.75, 3.05) is 39.4 Å². The molecule has 11 heteroatoms. The minimum atomic E-state index is -3.81. The Hall–Kier alpha value is -3.31. The summed E-state index contributed by atoms with van der Waals surface area (Å²) < 4.78 is 45.2. The molecule has 3 aromatic rings. The number of carbonyl (C=O) groups excluding carboxylic acids is 1. The van der Waals surface area contributed by atoms with Crippen molar-refractivity contribution in [3.05, 3.63) is 52.5 Å². The van der Waals surface area contributed by atoms with Crippen molar-refractivity contribution in [2.45, 2.75) is 18.7 Å². The zero-order valence-electron chi connectivity index (χ0n) is 19.3. The Morgan fingerprint density at radius 3 is 2.32 bits per heavy atom. The van der Waals surface area contributed by atoms with E-state index in [1.165, 1.54) is 21.0 Å². The third-order valence-corrected chi connectivity index (χ3v) is 7.61. The molecular formula is C23H27N3O7S. The molecule has 0 saturated carbocycles. The molecule has 1 saturated heterocycles. The molecule has 1 amide bonds. The number of carbonyl (C=O) groups is 1. The van der Waals surface area contributed by atoms with Crippen molar-refractivity contribution >= 4 is 27.0 Å². The topological polar surface area (TPSA) is 111 Å². The second-order valence-electron chi connectivity index (χ2n) is 7.78. The van der Waals surface area contributed by atoms with Crippen LogP contribution in [0.4, 0.5) is 0 Å². The third kappa shape index (κ3) is 4.40. The number of nitrogens with zero attached hydrogens (tertiary/aromatic N) is 3. The molecule has 0 atom stereocenters. The van der Waals surface area contributed by atoms with Crippen molar-refractivity contribution in [2.24, 2.45) is 7.05 Å². The molecule has 1 fully saturated rings. The number of oxazole rings is 1. The van der Waals surface area contributed by atoms with Gasteiger partial charge in [0.1, 0.15) is 0 Å². The number of aromatic nitrogens is 1. The van der Waals surface area contributed by atoms with Crippen LogP contribution in [-0.4, -0.2) is 67.5 Å². The van der Waals surface area contributed by atoms with Gasteiger partial charge in [-0.2, -0.15) is 4.31 Å². The fourth-order valence-electron chi connectivity index (χ4n) is 3.92. The Balaban J connectivity index is 1.48. The number of fused-ring (bicyclic) bond motifs is 1. The Bertz CT molecular complexity index is 1370. The highest BCUT2D eigenvalue weighted by molar-refractivity contribution is 7.89. The summed E-state index contributed by atoms with van der Waals surface area (Å²) in [5, 5.41) is 0. The van der Waals surface area contributed by atoms with Gasteiger partial charge in [0.2, 0.25) is 10.0 Å². The first-order chi connectivity index (χ1) is 16.3. The molecule has 1 aliphatic heterocycles. The van der Waals surface area contributed by atoms with Gasteiger partial charge in [-0.1, -0.05) is 0 Å². The molecule has 0 N–H and O–H groups in total. The van der Waals surface area contributed by atoms with E-state index in [-0.39, 0.29) is 42.6 Å². The van der Waals surface area contributed by atoms with Gasteiger partial charge in [-0.25, -0.2) is 13.2 Å². The van der Waals surface area contributed by atoms with Gasteiger partial charge >= 0.3 is 5.76 Å². The Kier molecular flexibility index (Phi) is 6.67. The van der Waals surface area contributed by atoms with Gasteiger partial charge in [-0.3, -0.25) is 9.36 Å². The van der Waals surface area contributed by atoms with E-state index >= 15 is 0 Å². The van der Waals surface area contributed by atoms with Crippen molar-refractivity contribution in [3.63, 3.8) is 0 Å². The van der Waals surface area contributed by atoms with Crippen LogP contribution >= 0.6 is 0 Å². The molecule has 4 rings (SSSR count). The number of amides is 1. The number of aryl methyl sites for hydroxylation is 1. The van der Waals surface area contributed by atoms with Crippen LogP contribution < -0.4 is 15.2 Å². The van der Waals surface area contributed by atoms with E-state index in [1.807, 2.05) is 13.8 Å². The summed E-state index contributed by atoms with van der Waals surface area (Å²) in [6.07, 6.45) is 0. The lowest BCUT2D eigenvalue weighted by molar-refractivity contribution is 0.0697. The SMILES string of the molecule is CCOc1ccc(C(=O)N2CCN(S(=O)(=O)c3ccc4c(c3)oc(=O)n4C)CC2)cc1OCC. The van der Waals surface area contributed by atoms with E-state index in [2.05, 4.69) is 0 Å². The van der Waals surface area contributed by atoms with E-state index < -0.39 is 15.8 Å². The van der Waals surface area contributed by atoms with Crippen molar-refractivity contribution in [1.82, 2.24) is 13.8 Å². The summed E-state index contributed by atoms with van der Waals surface area (Å²) in [5.74, 6) is 0.314. The van der Waals surface area contributed by atoms with Crippen LogP contribution in [-0.2, 0) is 17.1 Å². The maximum atomic E-state index is 13.2. The highest BCUT2D eigenvalue weighted by Gasteiger charge is 2.31. The monoisotopic (exact) mass is 489 g/mol. The smallest absolute Gasteiger partial charge is 0.419 e. The average Bonchev–Trinajstić information content (AvgIpc) is 3.13. The van der Waals surface area contributed by atoms with E-state index in [0.29, 0.717) is 35.8 Å². The molecule has 182 valence electrons. The van der Waals surface area contributed by atoms with Gasteiger partial charge in [0.05, 0.1) is 23.6 Å². The lowest BCUT2D eigenvalue weighted by Crippen LogP contribution is -2.50. The van der Waals surface area contributed by atoms with Crippen LogP contribution in [0.25, 0.3) is 11.1 Å². The van der Waals surface area contributed by atoms with E-state index in [9.17, 15) is 18.0 Å². The summed E-state index contributed by atoms with van der Waals surface area (Å²) in [5.41, 5.74) is 1.18. The quantitative estimate of drug-likeness (QED) is 0.500. The molecule has 0 unspecified atom stereocenters. The van der Waals surface area contributed by atoms with Crippen LogP contribution in [0.5, 0.6) is 11.5 Å². The molecule has 1 aliphatic rings. The lowest BCUT2D eigenvalue weighted by Gasteiger charge is -2.34. The number of hydrogen-bond acceptors (Lipinski definition) is 7.